The molecule has 0 aliphatic rings. The first-order chi connectivity index (χ1) is 12.6. The van der Waals surface area contributed by atoms with E-state index in [4.69, 9.17) is 5.73 Å². The maximum absolute atomic E-state index is 12.6. The van der Waals surface area contributed by atoms with E-state index in [0.717, 1.165) is 10.9 Å². The van der Waals surface area contributed by atoms with Crippen LogP contribution in [0.2, 0.25) is 0 Å². The standard InChI is InChI=1S/C18H13N5O2S/c19-16(24)13-7-11(8-21-13)14-9-26-18(22-14)23-17(25)12-5-1-3-10-4-2-6-20-15(10)12/h1-9,21H,(H2,19,24)(H,22,23,25). The number of aromatic amines is 1. The summed E-state index contributed by atoms with van der Waals surface area (Å²) in [6.45, 7) is 0. The maximum atomic E-state index is 12.6. The summed E-state index contributed by atoms with van der Waals surface area (Å²) in [5, 5.41) is 5.95. The van der Waals surface area contributed by atoms with Crippen LogP contribution >= 0.6 is 11.3 Å². The van der Waals surface area contributed by atoms with Gasteiger partial charge in [0.2, 0.25) is 0 Å². The summed E-state index contributed by atoms with van der Waals surface area (Å²) >= 11 is 1.30. The molecule has 26 heavy (non-hydrogen) atoms. The van der Waals surface area contributed by atoms with Crippen LogP contribution in [0, 0.1) is 0 Å². The molecule has 0 aliphatic heterocycles. The number of nitrogens with zero attached hydrogens (tertiary/aromatic N) is 2. The third kappa shape index (κ3) is 2.93. The Morgan fingerprint density at radius 3 is 2.85 bits per heavy atom. The summed E-state index contributed by atoms with van der Waals surface area (Å²) in [7, 11) is 0. The molecule has 3 heterocycles. The number of nitrogens with one attached hydrogen (secondary N) is 2. The van der Waals surface area contributed by atoms with Crippen molar-refractivity contribution in [1.82, 2.24) is 15.0 Å². The van der Waals surface area contributed by atoms with Crippen LogP contribution in [0.1, 0.15) is 20.8 Å². The van der Waals surface area contributed by atoms with Crippen LogP contribution in [-0.4, -0.2) is 26.8 Å². The van der Waals surface area contributed by atoms with Crippen LogP contribution in [0.3, 0.4) is 0 Å². The molecule has 4 N–H and O–H groups in total. The minimum atomic E-state index is -0.538. The number of pyridine rings is 1. The Hall–Kier alpha value is -3.52. The Bertz CT molecular complexity index is 1130. The Kier molecular flexibility index (Phi) is 3.94. The second-order valence-corrected chi connectivity index (χ2v) is 6.40. The highest BCUT2D eigenvalue weighted by molar-refractivity contribution is 7.14. The fourth-order valence-electron chi connectivity index (χ4n) is 2.60. The number of rotatable bonds is 4. The van der Waals surface area contributed by atoms with Crippen LogP contribution in [0.5, 0.6) is 0 Å². The molecule has 0 spiro atoms. The van der Waals surface area contributed by atoms with Crippen molar-refractivity contribution in [3.8, 4) is 11.3 Å². The van der Waals surface area contributed by atoms with E-state index < -0.39 is 5.91 Å². The number of H-pyrrole nitrogens is 1. The van der Waals surface area contributed by atoms with Crippen molar-refractivity contribution < 1.29 is 9.59 Å². The highest BCUT2D eigenvalue weighted by Gasteiger charge is 2.14. The van der Waals surface area contributed by atoms with Crippen LogP contribution in [-0.2, 0) is 0 Å². The van der Waals surface area contributed by atoms with Crippen LogP contribution in [0.15, 0.2) is 54.2 Å². The number of thiazole rings is 1. The summed E-state index contributed by atoms with van der Waals surface area (Å²) in [5.74, 6) is -0.814. The van der Waals surface area contributed by atoms with Crippen LogP contribution in [0.25, 0.3) is 22.2 Å². The molecule has 4 aromatic rings. The SMILES string of the molecule is NC(=O)c1cc(-c2csc(NC(=O)c3cccc4cccnc34)n2)c[nH]1. The quantitative estimate of drug-likeness (QED) is 0.517. The molecule has 7 nitrogen and oxygen atoms in total. The number of anilines is 1. The lowest BCUT2D eigenvalue weighted by Crippen LogP contribution is -2.12. The highest BCUT2D eigenvalue weighted by Crippen LogP contribution is 2.26. The molecule has 0 fully saturated rings. The molecular weight excluding hydrogens is 350 g/mol. The molecule has 1 aromatic carbocycles. The average Bonchev–Trinajstić information content (AvgIpc) is 3.30. The smallest absolute Gasteiger partial charge is 0.265 e. The van der Waals surface area contributed by atoms with E-state index in [9.17, 15) is 9.59 Å². The zero-order chi connectivity index (χ0) is 18.1. The fraction of sp³-hybridized carbons (Fsp3) is 0. The van der Waals surface area contributed by atoms with Gasteiger partial charge < -0.3 is 10.7 Å². The van der Waals surface area contributed by atoms with Crippen molar-refractivity contribution in [3.63, 3.8) is 0 Å². The summed E-state index contributed by atoms with van der Waals surface area (Å²) in [5.41, 5.74) is 8.03. The van der Waals surface area contributed by atoms with E-state index in [-0.39, 0.29) is 5.91 Å². The van der Waals surface area contributed by atoms with Gasteiger partial charge in [0.05, 0.1) is 16.8 Å². The zero-order valence-corrected chi connectivity index (χ0v) is 14.2. The van der Waals surface area contributed by atoms with Gasteiger partial charge >= 0.3 is 0 Å². The molecule has 2 amide bonds. The molecule has 0 unspecified atom stereocenters. The third-order valence-electron chi connectivity index (χ3n) is 3.85. The summed E-state index contributed by atoms with van der Waals surface area (Å²) in [6, 6.07) is 10.8. The molecule has 0 atom stereocenters. The van der Waals surface area contributed by atoms with Crippen molar-refractivity contribution in [2.75, 3.05) is 5.32 Å². The predicted molar refractivity (Wildman–Crippen MR) is 100 cm³/mol. The van der Waals surface area contributed by atoms with Gasteiger partial charge in [0.25, 0.3) is 11.8 Å². The number of fused-ring (bicyclic) bond motifs is 1. The lowest BCUT2D eigenvalue weighted by Gasteiger charge is -2.05. The summed E-state index contributed by atoms with van der Waals surface area (Å²) < 4.78 is 0. The Morgan fingerprint density at radius 2 is 2.04 bits per heavy atom. The van der Waals surface area contributed by atoms with Gasteiger partial charge in [0.15, 0.2) is 5.13 Å². The van der Waals surface area contributed by atoms with E-state index in [1.165, 1.54) is 11.3 Å². The van der Waals surface area contributed by atoms with Gasteiger partial charge in [-0.1, -0.05) is 18.2 Å². The summed E-state index contributed by atoms with van der Waals surface area (Å²) in [6.07, 6.45) is 3.30. The first kappa shape index (κ1) is 16.0. The van der Waals surface area contributed by atoms with Crippen LogP contribution in [0.4, 0.5) is 5.13 Å². The summed E-state index contributed by atoms with van der Waals surface area (Å²) in [4.78, 5) is 35.3. The van der Waals surface area contributed by atoms with Gasteiger partial charge in [-0.15, -0.1) is 11.3 Å². The third-order valence-corrected chi connectivity index (χ3v) is 4.60. The van der Waals surface area contributed by atoms with E-state index in [0.29, 0.717) is 27.6 Å². The van der Waals surface area contributed by atoms with Gasteiger partial charge in [-0.2, -0.15) is 0 Å². The zero-order valence-electron chi connectivity index (χ0n) is 13.4. The van der Waals surface area contributed by atoms with Crippen molar-refractivity contribution >= 4 is 39.2 Å². The van der Waals surface area contributed by atoms with Gasteiger partial charge in [-0.3, -0.25) is 19.9 Å². The number of aromatic nitrogens is 3. The number of primary amides is 1. The van der Waals surface area contributed by atoms with E-state index in [2.05, 4.69) is 20.3 Å². The number of amides is 2. The molecule has 4 rings (SSSR count). The number of benzene rings is 1. The fourth-order valence-corrected chi connectivity index (χ4v) is 3.31. The van der Waals surface area contributed by atoms with Gasteiger partial charge in [0, 0.05) is 28.7 Å². The normalized spacial score (nSPS) is 10.8. The number of carbonyl (C=O) groups is 2. The van der Waals surface area contributed by atoms with Crippen molar-refractivity contribution in [2.45, 2.75) is 0 Å². The number of nitrogens with two attached hydrogens (primary N) is 1. The van der Waals surface area contributed by atoms with Crippen molar-refractivity contribution in [2.24, 2.45) is 5.73 Å². The number of carbonyl (C=O) groups excluding carboxylic acids is 2. The number of para-hydroxylation sites is 1. The monoisotopic (exact) mass is 363 g/mol. The maximum Gasteiger partial charge on any atom is 0.265 e. The Morgan fingerprint density at radius 1 is 1.19 bits per heavy atom. The van der Waals surface area contributed by atoms with E-state index in [1.54, 1.807) is 29.9 Å². The number of hydrogen-bond donors (Lipinski definition) is 3. The molecule has 0 aliphatic carbocycles. The van der Waals surface area contributed by atoms with Gasteiger partial charge in [-0.25, -0.2) is 4.98 Å². The topological polar surface area (TPSA) is 114 Å². The first-order valence-corrected chi connectivity index (χ1v) is 8.59. The minimum absolute atomic E-state index is 0.276. The molecule has 128 valence electrons. The Labute approximate surface area is 151 Å². The van der Waals surface area contributed by atoms with Gasteiger partial charge in [-0.05, 0) is 18.2 Å². The van der Waals surface area contributed by atoms with E-state index >= 15 is 0 Å². The molecule has 3 aromatic heterocycles. The Balaban J connectivity index is 1.58. The average molecular weight is 363 g/mol. The number of hydrogen-bond acceptors (Lipinski definition) is 5. The molecule has 0 saturated carbocycles. The highest BCUT2D eigenvalue weighted by atomic mass is 32.1. The first-order valence-electron chi connectivity index (χ1n) is 7.71. The molecule has 0 radical (unpaired) electrons. The van der Waals surface area contributed by atoms with E-state index in [1.807, 2.05) is 24.3 Å². The van der Waals surface area contributed by atoms with Gasteiger partial charge in [0.1, 0.15) is 5.69 Å². The van der Waals surface area contributed by atoms with Crippen molar-refractivity contribution in [3.05, 3.63) is 65.4 Å². The predicted octanol–water partition coefficient (Wildman–Crippen LogP) is 3.04. The lowest BCUT2D eigenvalue weighted by molar-refractivity contribution is 0.0994. The molecule has 8 heteroatoms. The van der Waals surface area contributed by atoms with Crippen LogP contribution < -0.4 is 11.1 Å². The molecular formula is C18H13N5O2S. The minimum Gasteiger partial charge on any atom is -0.364 e. The largest absolute Gasteiger partial charge is 0.364 e. The second-order valence-electron chi connectivity index (χ2n) is 5.54. The molecule has 0 saturated heterocycles. The van der Waals surface area contributed by atoms with Crippen molar-refractivity contribution in [1.29, 1.82) is 0 Å². The second kappa shape index (κ2) is 6.41. The molecule has 0 bridgehead atoms. The lowest BCUT2D eigenvalue weighted by atomic mass is 10.1.